The number of aliphatic hydroxyl groups excluding tert-OH is 1. The zero-order valence-corrected chi connectivity index (χ0v) is 21.1. The first-order chi connectivity index (χ1) is 17.3. The molecule has 2 saturated heterocycles. The van der Waals surface area contributed by atoms with E-state index in [0.29, 0.717) is 55.7 Å². The molecular weight excluding hydrogens is 460 g/mol. The van der Waals surface area contributed by atoms with Gasteiger partial charge in [-0.2, -0.15) is 0 Å². The van der Waals surface area contributed by atoms with Crippen LogP contribution in [0.2, 0.25) is 0 Å². The van der Waals surface area contributed by atoms with Crippen molar-refractivity contribution in [3.05, 3.63) is 64.7 Å². The van der Waals surface area contributed by atoms with Crippen LogP contribution < -0.4 is 4.74 Å². The van der Waals surface area contributed by atoms with Crippen LogP contribution in [-0.2, 0) is 14.3 Å². The number of hydrogen-bond acceptors (Lipinski definition) is 7. The van der Waals surface area contributed by atoms with Crippen molar-refractivity contribution in [2.75, 3.05) is 46.0 Å². The molecule has 1 atom stereocenters. The molecule has 2 N–H and O–H groups in total. The third-order valence-corrected chi connectivity index (χ3v) is 6.55. The molecule has 36 heavy (non-hydrogen) atoms. The monoisotopic (exact) mass is 494 g/mol. The predicted octanol–water partition coefficient (Wildman–Crippen LogP) is 3.49. The topological polar surface area (TPSA) is 99.5 Å². The number of aryl methyl sites for hydroxylation is 1. The van der Waals surface area contributed by atoms with E-state index in [4.69, 9.17) is 9.47 Å². The molecule has 2 aromatic carbocycles. The maximum atomic E-state index is 13.3. The number of ether oxygens (including phenoxy) is 2. The largest absolute Gasteiger partial charge is 0.508 e. The van der Waals surface area contributed by atoms with Crippen molar-refractivity contribution >= 4 is 17.4 Å². The van der Waals surface area contributed by atoms with E-state index in [1.54, 1.807) is 24.3 Å². The number of carbonyl (C=O) groups is 2. The minimum atomic E-state index is -0.761. The zero-order chi connectivity index (χ0) is 25.8. The third kappa shape index (κ3) is 5.55. The Labute approximate surface area is 211 Å². The van der Waals surface area contributed by atoms with Crippen LogP contribution in [0.5, 0.6) is 11.5 Å². The minimum absolute atomic E-state index is 0.0478. The van der Waals surface area contributed by atoms with Gasteiger partial charge in [0.1, 0.15) is 17.3 Å². The first-order valence-electron chi connectivity index (χ1n) is 12.4. The molecule has 0 bridgehead atoms. The van der Waals surface area contributed by atoms with Crippen LogP contribution in [0.4, 0.5) is 0 Å². The lowest BCUT2D eigenvalue weighted by atomic mass is 9.94. The molecule has 0 saturated carbocycles. The van der Waals surface area contributed by atoms with Crippen LogP contribution in [0.1, 0.15) is 36.6 Å². The van der Waals surface area contributed by atoms with Gasteiger partial charge in [0, 0.05) is 31.7 Å². The first kappa shape index (κ1) is 25.7. The molecule has 2 aliphatic rings. The fraction of sp³-hybridized carbons (Fsp3) is 0.429. The molecular formula is C28H34N2O6. The van der Waals surface area contributed by atoms with Gasteiger partial charge in [0.15, 0.2) is 0 Å². The molecule has 192 valence electrons. The molecule has 1 amide bonds. The second kappa shape index (κ2) is 11.1. The van der Waals surface area contributed by atoms with Gasteiger partial charge in [-0.25, -0.2) is 0 Å². The highest BCUT2D eigenvalue weighted by molar-refractivity contribution is 6.46. The van der Waals surface area contributed by atoms with Crippen molar-refractivity contribution in [3.63, 3.8) is 0 Å². The fourth-order valence-electron chi connectivity index (χ4n) is 4.59. The second-order valence-electron chi connectivity index (χ2n) is 9.72. The number of phenolic OH excluding ortho intramolecular Hbond substituents is 1. The number of benzene rings is 2. The van der Waals surface area contributed by atoms with Crippen molar-refractivity contribution in [2.24, 2.45) is 5.92 Å². The number of Topliss-reactive ketones (excluding diaryl/α,β-unsaturated/α-hetero) is 1. The minimum Gasteiger partial charge on any atom is -0.508 e. The molecule has 8 heteroatoms. The predicted molar refractivity (Wildman–Crippen MR) is 136 cm³/mol. The van der Waals surface area contributed by atoms with E-state index in [-0.39, 0.29) is 17.1 Å². The molecule has 2 heterocycles. The fourth-order valence-corrected chi connectivity index (χ4v) is 4.59. The third-order valence-electron chi connectivity index (χ3n) is 6.55. The number of carbonyl (C=O) groups excluding carboxylic acids is 2. The smallest absolute Gasteiger partial charge is 0.295 e. The SMILES string of the molecule is Cc1cc(OCC(C)C)ccc1C(O)=C1C(=O)C(=O)N(CCN2CCOCC2)[C@@H]1c1ccc(O)cc1. The zero-order valence-electron chi connectivity index (χ0n) is 21.1. The number of morpholine rings is 1. The second-order valence-corrected chi connectivity index (χ2v) is 9.72. The van der Waals surface area contributed by atoms with Crippen LogP contribution in [-0.4, -0.2) is 77.7 Å². The molecule has 0 spiro atoms. The van der Waals surface area contributed by atoms with Gasteiger partial charge in [0.25, 0.3) is 11.7 Å². The van der Waals surface area contributed by atoms with Crippen molar-refractivity contribution in [1.29, 1.82) is 0 Å². The van der Waals surface area contributed by atoms with Crippen molar-refractivity contribution in [3.8, 4) is 11.5 Å². The lowest BCUT2D eigenvalue weighted by molar-refractivity contribution is -0.140. The van der Waals surface area contributed by atoms with E-state index in [1.165, 1.54) is 17.0 Å². The number of amides is 1. The van der Waals surface area contributed by atoms with Crippen LogP contribution in [0, 0.1) is 12.8 Å². The van der Waals surface area contributed by atoms with Crippen LogP contribution in [0.3, 0.4) is 0 Å². The van der Waals surface area contributed by atoms with Crippen molar-refractivity contribution in [2.45, 2.75) is 26.8 Å². The van der Waals surface area contributed by atoms with Gasteiger partial charge in [-0.1, -0.05) is 26.0 Å². The van der Waals surface area contributed by atoms with Crippen molar-refractivity contribution in [1.82, 2.24) is 9.80 Å². The number of phenols is 1. The standard InChI is InChI=1S/C28H34N2O6/c1-18(2)17-36-22-8-9-23(19(3)16-22)26(32)24-25(20-4-6-21(31)7-5-20)30(28(34)27(24)33)11-10-29-12-14-35-15-13-29/h4-9,16,18,25,31-32H,10-15,17H2,1-3H3/t25-/m1/s1. The lowest BCUT2D eigenvalue weighted by Crippen LogP contribution is -2.42. The normalized spacial score (nSPS) is 20.3. The average Bonchev–Trinajstić information content (AvgIpc) is 3.12. The van der Waals surface area contributed by atoms with E-state index in [0.717, 1.165) is 18.7 Å². The Balaban J connectivity index is 1.70. The number of aliphatic hydroxyl groups is 1. The van der Waals surface area contributed by atoms with E-state index in [2.05, 4.69) is 18.7 Å². The summed E-state index contributed by atoms with van der Waals surface area (Å²) in [5, 5.41) is 21.2. The van der Waals surface area contributed by atoms with Crippen LogP contribution in [0.15, 0.2) is 48.0 Å². The molecule has 0 aliphatic carbocycles. The highest BCUT2D eigenvalue weighted by atomic mass is 16.5. The summed E-state index contributed by atoms with van der Waals surface area (Å²) < 4.78 is 11.2. The van der Waals surface area contributed by atoms with Gasteiger partial charge < -0.3 is 24.6 Å². The van der Waals surface area contributed by atoms with E-state index in [9.17, 15) is 19.8 Å². The summed E-state index contributed by atoms with van der Waals surface area (Å²) in [6, 6.07) is 10.9. The molecule has 2 fully saturated rings. The molecule has 2 aliphatic heterocycles. The molecule has 0 unspecified atom stereocenters. The van der Waals surface area contributed by atoms with Gasteiger partial charge in [0.05, 0.1) is 31.4 Å². The maximum Gasteiger partial charge on any atom is 0.295 e. The molecule has 8 nitrogen and oxygen atoms in total. The first-order valence-corrected chi connectivity index (χ1v) is 12.4. The van der Waals surface area contributed by atoms with Crippen LogP contribution >= 0.6 is 0 Å². The Bertz CT molecular complexity index is 1140. The highest BCUT2D eigenvalue weighted by Crippen LogP contribution is 2.40. The number of nitrogens with zero attached hydrogens (tertiary/aromatic N) is 2. The Morgan fingerprint density at radius 1 is 1.08 bits per heavy atom. The summed E-state index contributed by atoms with van der Waals surface area (Å²) in [5.74, 6) is -0.439. The number of ketones is 1. The van der Waals surface area contributed by atoms with Gasteiger partial charge >= 0.3 is 0 Å². The summed E-state index contributed by atoms with van der Waals surface area (Å²) >= 11 is 0. The summed E-state index contributed by atoms with van der Waals surface area (Å²) in [5.41, 5.74) is 1.90. The lowest BCUT2D eigenvalue weighted by Gasteiger charge is -2.31. The van der Waals surface area contributed by atoms with Gasteiger partial charge in [-0.3, -0.25) is 14.5 Å². The Morgan fingerprint density at radius 2 is 1.78 bits per heavy atom. The van der Waals surface area contributed by atoms with Gasteiger partial charge in [-0.05, 0) is 54.3 Å². The van der Waals surface area contributed by atoms with E-state index < -0.39 is 17.7 Å². The van der Waals surface area contributed by atoms with Crippen LogP contribution in [0.25, 0.3) is 5.76 Å². The highest BCUT2D eigenvalue weighted by Gasteiger charge is 2.46. The number of hydrogen-bond donors (Lipinski definition) is 2. The summed E-state index contributed by atoms with van der Waals surface area (Å²) in [6.45, 7) is 10.2. The Hall–Kier alpha value is -3.36. The average molecular weight is 495 g/mol. The Morgan fingerprint density at radius 3 is 2.42 bits per heavy atom. The van der Waals surface area contributed by atoms with Gasteiger partial charge in [0.2, 0.25) is 0 Å². The summed E-state index contributed by atoms with van der Waals surface area (Å²) in [6.07, 6.45) is 0. The summed E-state index contributed by atoms with van der Waals surface area (Å²) in [4.78, 5) is 30.2. The van der Waals surface area contributed by atoms with E-state index >= 15 is 0 Å². The van der Waals surface area contributed by atoms with Gasteiger partial charge in [-0.15, -0.1) is 0 Å². The van der Waals surface area contributed by atoms with Crippen molar-refractivity contribution < 1.29 is 29.3 Å². The number of aromatic hydroxyl groups is 1. The quantitative estimate of drug-likeness (QED) is 0.329. The number of rotatable bonds is 8. The Kier molecular flexibility index (Phi) is 7.96. The molecule has 0 radical (unpaired) electrons. The molecule has 2 aromatic rings. The van der Waals surface area contributed by atoms with E-state index in [1.807, 2.05) is 13.0 Å². The summed E-state index contributed by atoms with van der Waals surface area (Å²) in [7, 11) is 0. The maximum absolute atomic E-state index is 13.3. The number of likely N-dealkylation sites (tertiary alicyclic amines) is 1. The molecule has 4 rings (SSSR count). The molecule has 0 aromatic heterocycles.